The van der Waals surface area contributed by atoms with Crippen LogP contribution in [0.2, 0.25) is 0 Å². The van der Waals surface area contributed by atoms with Crippen LogP contribution < -0.4 is 11.1 Å². The quantitative estimate of drug-likeness (QED) is 0.382. The van der Waals surface area contributed by atoms with E-state index in [2.05, 4.69) is 5.32 Å². The lowest BCUT2D eigenvalue weighted by Crippen LogP contribution is -2.68. The van der Waals surface area contributed by atoms with Gasteiger partial charge in [-0.25, -0.2) is 0 Å². The second kappa shape index (κ2) is 6.81. The second-order valence-corrected chi connectivity index (χ2v) is 6.24. The maximum atomic E-state index is 12.7. The zero-order valence-electron chi connectivity index (χ0n) is 14.3. The summed E-state index contributed by atoms with van der Waals surface area (Å²) in [7, 11) is 0. The van der Waals surface area contributed by atoms with Gasteiger partial charge in [-0.05, 0) is 26.7 Å². The molecule has 9 nitrogen and oxygen atoms in total. The Kier molecular flexibility index (Phi) is 5.15. The van der Waals surface area contributed by atoms with Crippen molar-refractivity contribution < 1.29 is 33.4 Å². The van der Waals surface area contributed by atoms with Crippen LogP contribution in [0.1, 0.15) is 39.5 Å². The third kappa shape index (κ3) is 2.67. The Bertz CT molecular complexity index is 606. The lowest BCUT2D eigenvalue weighted by atomic mass is 9.51. The molecule has 2 rings (SSSR count). The van der Waals surface area contributed by atoms with Crippen molar-refractivity contribution in [2.24, 2.45) is 22.5 Å². The molecule has 9 heteroatoms. The smallest absolute Gasteiger partial charge is 0.322 e. The van der Waals surface area contributed by atoms with Gasteiger partial charge >= 0.3 is 11.9 Å². The summed E-state index contributed by atoms with van der Waals surface area (Å²) >= 11 is 0. The van der Waals surface area contributed by atoms with E-state index in [1.807, 2.05) is 0 Å². The minimum absolute atomic E-state index is 0.00681. The average molecular weight is 354 g/mol. The van der Waals surface area contributed by atoms with Crippen molar-refractivity contribution in [2.45, 2.75) is 39.5 Å². The van der Waals surface area contributed by atoms with E-state index >= 15 is 0 Å². The van der Waals surface area contributed by atoms with E-state index in [-0.39, 0.29) is 38.9 Å². The van der Waals surface area contributed by atoms with Gasteiger partial charge in [-0.3, -0.25) is 29.3 Å². The zero-order chi connectivity index (χ0) is 18.8. The third-order valence-corrected chi connectivity index (χ3v) is 5.10. The Morgan fingerprint density at radius 1 is 1.12 bits per heavy atom. The number of nitrogens with two attached hydrogens (primary N) is 1. The highest BCUT2D eigenvalue weighted by Gasteiger charge is 2.69. The molecule has 3 amide bonds. The number of esters is 2. The Balaban J connectivity index is 2.65. The van der Waals surface area contributed by atoms with E-state index in [4.69, 9.17) is 15.2 Å². The molecule has 0 unspecified atom stereocenters. The van der Waals surface area contributed by atoms with Gasteiger partial charge in [0.1, 0.15) is 0 Å². The molecule has 1 aliphatic heterocycles. The molecule has 0 radical (unpaired) electrons. The summed E-state index contributed by atoms with van der Waals surface area (Å²) < 4.78 is 10.1. The van der Waals surface area contributed by atoms with Crippen molar-refractivity contribution in [1.29, 1.82) is 0 Å². The molecule has 25 heavy (non-hydrogen) atoms. The SMILES string of the molecule is CCOC(=O)[C@@]1(C(N)=O)CCC[C@]2(C(=O)OCC)C(=O)NC(=O)C[C@@H]12. The second-order valence-electron chi connectivity index (χ2n) is 6.24. The van der Waals surface area contributed by atoms with Gasteiger partial charge in [0.05, 0.1) is 13.2 Å². The van der Waals surface area contributed by atoms with Crippen molar-refractivity contribution in [1.82, 2.24) is 5.32 Å². The first-order chi connectivity index (χ1) is 11.8. The van der Waals surface area contributed by atoms with Crippen LogP contribution >= 0.6 is 0 Å². The fraction of sp³-hybridized carbons (Fsp3) is 0.688. The van der Waals surface area contributed by atoms with Crippen molar-refractivity contribution in [3.05, 3.63) is 0 Å². The first-order valence-corrected chi connectivity index (χ1v) is 8.26. The molecule has 1 saturated carbocycles. The Morgan fingerprint density at radius 3 is 2.28 bits per heavy atom. The first kappa shape index (κ1) is 18.9. The number of amides is 3. The van der Waals surface area contributed by atoms with Crippen molar-refractivity contribution in [2.75, 3.05) is 13.2 Å². The molecule has 0 bridgehead atoms. The highest BCUT2D eigenvalue weighted by molar-refractivity contribution is 6.14. The largest absolute Gasteiger partial charge is 0.465 e. The standard InChI is InChI=1S/C16H22N2O7/c1-3-24-13(22)15(11(17)20)6-5-7-16(14(23)25-4-2)9(15)8-10(19)18-12(16)21/h9H,3-8H2,1-2H3,(H2,17,20)(H,18,19,21)/t9-,15-,16+/m0/s1. The number of rotatable bonds is 5. The van der Waals surface area contributed by atoms with E-state index in [0.29, 0.717) is 0 Å². The number of carbonyl (C=O) groups is 5. The van der Waals surface area contributed by atoms with Crippen molar-refractivity contribution in [3.63, 3.8) is 0 Å². The lowest BCUT2D eigenvalue weighted by molar-refractivity contribution is -0.188. The minimum Gasteiger partial charge on any atom is -0.465 e. The molecule has 1 saturated heterocycles. The molecule has 138 valence electrons. The molecule has 2 aliphatic rings. The predicted octanol–water partition coefficient (Wildman–Crippen LogP) is -0.583. The number of imide groups is 1. The number of piperidine rings is 1. The Morgan fingerprint density at radius 2 is 1.72 bits per heavy atom. The van der Waals surface area contributed by atoms with Gasteiger partial charge in [0.25, 0.3) is 0 Å². The van der Waals surface area contributed by atoms with Crippen molar-refractivity contribution >= 4 is 29.7 Å². The lowest BCUT2D eigenvalue weighted by Gasteiger charge is -2.50. The van der Waals surface area contributed by atoms with Gasteiger partial charge in [-0.1, -0.05) is 6.42 Å². The average Bonchev–Trinajstić information content (AvgIpc) is 2.54. The van der Waals surface area contributed by atoms with Crippen LogP contribution in [0, 0.1) is 16.7 Å². The van der Waals surface area contributed by atoms with Crippen LogP contribution in [-0.4, -0.2) is 42.9 Å². The summed E-state index contributed by atoms with van der Waals surface area (Å²) in [6.45, 7) is 3.14. The molecule has 0 aromatic rings. The molecular weight excluding hydrogens is 332 g/mol. The summed E-state index contributed by atoms with van der Waals surface area (Å²) in [5, 5.41) is 2.12. The maximum Gasteiger partial charge on any atom is 0.322 e. The van der Waals surface area contributed by atoms with E-state index in [1.165, 1.54) is 0 Å². The predicted molar refractivity (Wildman–Crippen MR) is 82.4 cm³/mol. The van der Waals surface area contributed by atoms with E-state index in [9.17, 15) is 24.0 Å². The fourth-order valence-electron chi connectivity index (χ4n) is 4.01. The van der Waals surface area contributed by atoms with Crippen LogP contribution in [0.15, 0.2) is 0 Å². The summed E-state index contributed by atoms with van der Waals surface area (Å²) in [5.74, 6) is -5.55. The molecule has 2 fully saturated rings. The summed E-state index contributed by atoms with van der Waals surface area (Å²) in [6.07, 6.45) is -0.0947. The summed E-state index contributed by atoms with van der Waals surface area (Å²) in [4.78, 5) is 62.2. The maximum absolute atomic E-state index is 12.7. The number of nitrogens with one attached hydrogen (secondary N) is 1. The molecule has 0 aromatic heterocycles. The fourth-order valence-corrected chi connectivity index (χ4v) is 4.01. The number of hydrogen-bond acceptors (Lipinski definition) is 7. The summed E-state index contributed by atoms with van der Waals surface area (Å²) in [6, 6.07) is 0. The number of fused-ring (bicyclic) bond motifs is 1. The third-order valence-electron chi connectivity index (χ3n) is 5.10. The molecule has 1 heterocycles. The van der Waals surface area contributed by atoms with Gasteiger partial charge in [0, 0.05) is 12.3 Å². The molecule has 0 spiro atoms. The normalized spacial score (nSPS) is 31.5. The van der Waals surface area contributed by atoms with Crippen LogP contribution in [0.25, 0.3) is 0 Å². The van der Waals surface area contributed by atoms with Gasteiger partial charge in [-0.15, -0.1) is 0 Å². The molecule has 0 aromatic carbocycles. The molecule has 1 aliphatic carbocycles. The van der Waals surface area contributed by atoms with Crippen LogP contribution in [-0.2, 0) is 33.4 Å². The highest BCUT2D eigenvalue weighted by Crippen LogP contribution is 2.55. The van der Waals surface area contributed by atoms with E-state index in [1.54, 1.807) is 13.8 Å². The minimum atomic E-state index is -1.92. The molecule has 3 atom stereocenters. The van der Waals surface area contributed by atoms with Gasteiger partial charge < -0.3 is 15.2 Å². The topological polar surface area (TPSA) is 142 Å². The van der Waals surface area contributed by atoms with E-state index in [0.717, 1.165) is 0 Å². The zero-order valence-corrected chi connectivity index (χ0v) is 14.3. The van der Waals surface area contributed by atoms with Gasteiger partial charge in [-0.2, -0.15) is 0 Å². The van der Waals surface area contributed by atoms with Crippen LogP contribution in [0.4, 0.5) is 0 Å². The monoisotopic (exact) mass is 354 g/mol. The van der Waals surface area contributed by atoms with Crippen LogP contribution in [0.5, 0.6) is 0 Å². The number of carbonyl (C=O) groups excluding carboxylic acids is 5. The molecule has 3 N–H and O–H groups in total. The molecular formula is C16H22N2O7. The highest BCUT2D eigenvalue weighted by atomic mass is 16.5. The van der Waals surface area contributed by atoms with Gasteiger partial charge in [0.2, 0.25) is 17.7 Å². The van der Waals surface area contributed by atoms with E-state index < -0.39 is 46.4 Å². The Labute approximate surface area is 144 Å². The number of ether oxygens (including phenoxy) is 2. The number of hydrogen-bond donors (Lipinski definition) is 2. The summed E-state index contributed by atoms with van der Waals surface area (Å²) in [5.41, 5.74) is 1.79. The van der Waals surface area contributed by atoms with Gasteiger partial charge in [0.15, 0.2) is 10.8 Å². The first-order valence-electron chi connectivity index (χ1n) is 8.26. The Hall–Kier alpha value is -2.45. The number of primary amides is 1. The van der Waals surface area contributed by atoms with Crippen molar-refractivity contribution in [3.8, 4) is 0 Å². The van der Waals surface area contributed by atoms with Crippen LogP contribution in [0.3, 0.4) is 0 Å².